The van der Waals surface area contributed by atoms with Crippen LogP contribution in [0.2, 0.25) is 5.15 Å². The first kappa shape index (κ1) is 19.0. The molecular weight excluding hydrogens is 350 g/mol. The van der Waals surface area contributed by atoms with E-state index in [1.807, 2.05) is 13.1 Å². The number of rotatable bonds is 5. The van der Waals surface area contributed by atoms with E-state index >= 15 is 0 Å². The zero-order valence-corrected chi connectivity index (χ0v) is 15.5. The third-order valence-corrected chi connectivity index (χ3v) is 4.79. The maximum absolute atomic E-state index is 10.9. The van der Waals surface area contributed by atoms with E-state index < -0.39 is 10.1 Å². The molecule has 0 amide bonds. The van der Waals surface area contributed by atoms with E-state index in [1.165, 1.54) is 0 Å². The van der Waals surface area contributed by atoms with Crippen LogP contribution in [0.1, 0.15) is 25.7 Å². The molecule has 1 aromatic rings. The topological polar surface area (TPSA) is 72.4 Å². The molecule has 1 aliphatic carbocycles. The highest BCUT2D eigenvalue weighted by atomic mass is 35.5. The summed E-state index contributed by atoms with van der Waals surface area (Å²) in [7, 11) is -1.40. The van der Waals surface area contributed by atoms with Crippen molar-refractivity contribution in [2.24, 2.45) is 11.8 Å². The summed E-state index contributed by atoms with van der Waals surface area (Å²) in [5.41, 5.74) is 0. The average Bonchev–Trinajstić information content (AvgIpc) is 2.53. The first-order chi connectivity index (χ1) is 11.3. The fourth-order valence-electron chi connectivity index (χ4n) is 2.81. The molecule has 0 bridgehead atoms. The minimum absolute atomic E-state index is 0.0588. The molecule has 0 aliphatic heterocycles. The van der Waals surface area contributed by atoms with Gasteiger partial charge in [-0.15, -0.1) is 10.2 Å². The largest absolute Gasteiger partial charge is 0.358 e. The Labute approximate surface area is 148 Å². The lowest BCUT2D eigenvalue weighted by Gasteiger charge is -2.29. The Morgan fingerprint density at radius 2 is 2.00 bits per heavy atom. The zero-order valence-electron chi connectivity index (χ0n) is 13.9. The molecule has 1 fully saturated rings. The quantitative estimate of drug-likeness (QED) is 0.584. The molecule has 0 aromatic carbocycles. The summed E-state index contributed by atoms with van der Waals surface area (Å²) in [5, 5.41) is 8.35. The van der Waals surface area contributed by atoms with Crippen LogP contribution in [0.15, 0.2) is 12.1 Å². The van der Waals surface area contributed by atoms with Gasteiger partial charge in [-0.05, 0) is 43.7 Å². The van der Waals surface area contributed by atoms with Gasteiger partial charge in [-0.3, -0.25) is 4.18 Å². The lowest BCUT2D eigenvalue weighted by atomic mass is 9.82. The Kier molecular flexibility index (Phi) is 6.84. The van der Waals surface area contributed by atoms with Crippen LogP contribution in [0, 0.1) is 23.7 Å². The van der Waals surface area contributed by atoms with Crippen molar-refractivity contribution >= 4 is 27.5 Å². The Morgan fingerprint density at radius 1 is 1.29 bits per heavy atom. The van der Waals surface area contributed by atoms with Crippen LogP contribution in [0.5, 0.6) is 0 Å². The normalized spacial score (nSPS) is 21.0. The molecule has 132 valence electrons. The van der Waals surface area contributed by atoms with E-state index in [0.29, 0.717) is 17.0 Å². The average molecular weight is 372 g/mol. The third-order valence-electron chi connectivity index (χ3n) is 4.04. The standard InChI is InChI=1S/C16H22ClN3O3S/c1-20(16-10-9-15(17)18-19-16)12-14-7-5-13(6-8-14)4-3-11-23-24(2,21)22/h9-10,13-14H,5-8,11-12H2,1-2H3. The van der Waals surface area contributed by atoms with Crippen LogP contribution in [-0.4, -0.2) is 45.1 Å². The number of nitrogens with zero attached hydrogens (tertiary/aromatic N) is 3. The van der Waals surface area contributed by atoms with E-state index in [1.54, 1.807) is 6.07 Å². The first-order valence-corrected chi connectivity index (χ1v) is 10.1. The summed E-state index contributed by atoms with van der Waals surface area (Å²) in [6.45, 7) is 0.865. The second-order valence-electron chi connectivity index (χ2n) is 6.10. The lowest BCUT2D eigenvalue weighted by molar-refractivity contribution is 0.319. The Hall–Kier alpha value is -1.36. The maximum Gasteiger partial charge on any atom is 0.265 e. The van der Waals surface area contributed by atoms with Gasteiger partial charge in [-0.2, -0.15) is 8.42 Å². The molecular formula is C16H22ClN3O3S. The van der Waals surface area contributed by atoms with Gasteiger partial charge in [-0.1, -0.05) is 23.4 Å². The maximum atomic E-state index is 10.9. The summed E-state index contributed by atoms with van der Waals surface area (Å²) < 4.78 is 26.3. The summed E-state index contributed by atoms with van der Waals surface area (Å²) in [6.07, 6.45) is 5.27. The zero-order chi connectivity index (χ0) is 17.6. The van der Waals surface area contributed by atoms with Crippen LogP contribution in [-0.2, 0) is 14.3 Å². The molecule has 0 saturated heterocycles. The second-order valence-corrected chi connectivity index (χ2v) is 8.13. The SMILES string of the molecule is CN(CC1CCC(C#CCOS(C)(=O)=O)CC1)c1ccc(Cl)nn1. The van der Waals surface area contributed by atoms with E-state index in [9.17, 15) is 8.42 Å². The van der Waals surface area contributed by atoms with Gasteiger partial charge in [0.2, 0.25) is 0 Å². The van der Waals surface area contributed by atoms with Crippen molar-refractivity contribution in [3.8, 4) is 11.8 Å². The lowest BCUT2D eigenvalue weighted by Crippen LogP contribution is -2.29. The summed E-state index contributed by atoms with van der Waals surface area (Å²) in [4.78, 5) is 2.10. The van der Waals surface area contributed by atoms with Crippen molar-refractivity contribution in [3.63, 3.8) is 0 Å². The number of aromatic nitrogens is 2. The Balaban J connectivity index is 1.74. The number of anilines is 1. The molecule has 0 spiro atoms. The molecule has 24 heavy (non-hydrogen) atoms. The summed E-state index contributed by atoms with van der Waals surface area (Å²) in [5.74, 6) is 7.66. The van der Waals surface area contributed by atoms with Gasteiger partial charge in [-0.25, -0.2) is 0 Å². The van der Waals surface area contributed by atoms with Crippen LogP contribution in [0.3, 0.4) is 0 Å². The molecule has 1 aliphatic rings. The minimum atomic E-state index is -3.41. The van der Waals surface area contributed by atoms with Crippen molar-refractivity contribution in [2.45, 2.75) is 25.7 Å². The third kappa shape index (κ3) is 6.63. The van der Waals surface area contributed by atoms with Crippen molar-refractivity contribution in [2.75, 3.05) is 31.4 Å². The molecule has 1 saturated carbocycles. The molecule has 1 aromatic heterocycles. The van der Waals surface area contributed by atoms with Gasteiger partial charge in [0.05, 0.1) is 6.26 Å². The Bertz CT molecular complexity index is 690. The molecule has 0 radical (unpaired) electrons. The van der Waals surface area contributed by atoms with Crippen molar-refractivity contribution in [1.82, 2.24) is 10.2 Å². The van der Waals surface area contributed by atoms with E-state index in [2.05, 4.69) is 31.1 Å². The fraction of sp³-hybridized carbons (Fsp3) is 0.625. The number of hydrogen-bond acceptors (Lipinski definition) is 6. The van der Waals surface area contributed by atoms with E-state index in [-0.39, 0.29) is 6.61 Å². The van der Waals surface area contributed by atoms with Gasteiger partial charge < -0.3 is 4.90 Å². The minimum Gasteiger partial charge on any atom is -0.358 e. The highest BCUT2D eigenvalue weighted by Gasteiger charge is 2.21. The van der Waals surface area contributed by atoms with E-state index in [4.69, 9.17) is 11.6 Å². The highest BCUT2D eigenvalue weighted by Crippen LogP contribution is 2.29. The van der Waals surface area contributed by atoms with Gasteiger partial charge in [0.25, 0.3) is 10.1 Å². The summed E-state index contributed by atoms with van der Waals surface area (Å²) in [6, 6.07) is 3.61. The number of halogens is 1. The van der Waals surface area contributed by atoms with Crippen LogP contribution < -0.4 is 4.90 Å². The monoisotopic (exact) mass is 371 g/mol. The molecule has 6 nitrogen and oxygen atoms in total. The molecule has 2 rings (SSSR count). The van der Waals surface area contributed by atoms with Crippen molar-refractivity contribution in [3.05, 3.63) is 17.3 Å². The van der Waals surface area contributed by atoms with Gasteiger partial charge in [0.15, 0.2) is 11.0 Å². The summed E-state index contributed by atoms with van der Waals surface area (Å²) >= 11 is 5.75. The smallest absolute Gasteiger partial charge is 0.265 e. The molecule has 8 heteroatoms. The molecule has 0 N–H and O–H groups in total. The van der Waals surface area contributed by atoms with Gasteiger partial charge in [0, 0.05) is 19.5 Å². The van der Waals surface area contributed by atoms with Crippen LogP contribution in [0.4, 0.5) is 5.82 Å². The van der Waals surface area contributed by atoms with Gasteiger partial charge >= 0.3 is 0 Å². The predicted octanol–water partition coefficient (Wildman–Crippen LogP) is 2.35. The first-order valence-electron chi connectivity index (χ1n) is 7.86. The predicted molar refractivity (Wildman–Crippen MR) is 94.3 cm³/mol. The van der Waals surface area contributed by atoms with Crippen molar-refractivity contribution < 1.29 is 12.6 Å². The molecule has 0 atom stereocenters. The van der Waals surface area contributed by atoms with Crippen LogP contribution in [0.25, 0.3) is 0 Å². The van der Waals surface area contributed by atoms with Crippen molar-refractivity contribution in [1.29, 1.82) is 0 Å². The van der Waals surface area contributed by atoms with E-state index in [0.717, 1.165) is 44.3 Å². The Morgan fingerprint density at radius 3 is 2.58 bits per heavy atom. The molecule has 0 unspecified atom stereocenters. The molecule has 1 heterocycles. The van der Waals surface area contributed by atoms with Gasteiger partial charge in [0.1, 0.15) is 6.61 Å². The second kappa shape index (κ2) is 8.65. The fourth-order valence-corrected chi connectivity index (χ4v) is 3.18. The number of hydrogen-bond donors (Lipinski definition) is 0. The van der Waals surface area contributed by atoms with Crippen LogP contribution >= 0.6 is 11.6 Å². The highest BCUT2D eigenvalue weighted by molar-refractivity contribution is 7.86.